The molecule has 0 radical (unpaired) electrons. The number of H-pyrrole nitrogens is 1. The van der Waals surface area contributed by atoms with Crippen LogP contribution >= 0.6 is 11.6 Å². The number of hydrogen-bond donors (Lipinski definition) is 4. The monoisotopic (exact) mass is 516 g/mol. The molecule has 4 rings (SSSR count). The number of nitrogens with zero attached hydrogens (tertiary/aromatic N) is 1. The Morgan fingerprint density at radius 3 is 2.56 bits per heavy atom. The number of halogens is 2. The number of ether oxygens (including phenoxy) is 2. The Morgan fingerprint density at radius 2 is 1.89 bits per heavy atom. The second kappa shape index (κ2) is 10.7. The first-order valence-electron chi connectivity index (χ1n) is 10.8. The number of methoxy groups -OCH3 is 1. The van der Waals surface area contributed by atoms with Gasteiger partial charge < -0.3 is 35.1 Å². The van der Waals surface area contributed by atoms with Gasteiger partial charge in [-0.25, -0.2) is 14.0 Å². The topological polar surface area (TPSA) is 133 Å². The standard InChI is InChI=1S/C24H22ClFN4O6/c1-35-16-11-20(30(12-16)23(32)28-15-5-3-14(25)4-6-15)21(31)29-19-7-2-13(10-18(19)26)17-8-9-27-22(17)36-24(33)34/h2-10,16,20,27H,11-12H2,1H3,(H,28,32)(H,29,31)(H,33,34). The van der Waals surface area contributed by atoms with Crippen LogP contribution in [0.15, 0.2) is 54.7 Å². The number of nitrogens with one attached hydrogen (secondary N) is 3. The van der Waals surface area contributed by atoms with E-state index < -0.39 is 30.0 Å². The number of aromatic amines is 1. The molecule has 2 aromatic carbocycles. The maximum atomic E-state index is 14.9. The van der Waals surface area contributed by atoms with Crippen molar-refractivity contribution in [2.75, 3.05) is 24.3 Å². The van der Waals surface area contributed by atoms with Crippen molar-refractivity contribution in [3.8, 4) is 17.0 Å². The van der Waals surface area contributed by atoms with Crippen molar-refractivity contribution in [2.24, 2.45) is 0 Å². The quantitative estimate of drug-likeness (QED) is 0.348. The van der Waals surface area contributed by atoms with Crippen LogP contribution in [0.1, 0.15) is 6.42 Å². The summed E-state index contributed by atoms with van der Waals surface area (Å²) in [5.74, 6) is -1.39. The highest BCUT2D eigenvalue weighted by atomic mass is 35.5. The van der Waals surface area contributed by atoms with E-state index in [0.29, 0.717) is 21.8 Å². The number of hydrogen-bond acceptors (Lipinski definition) is 5. The summed E-state index contributed by atoms with van der Waals surface area (Å²) in [6.07, 6.45) is -0.198. The predicted octanol–water partition coefficient (Wildman–Crippen LogP) is 4.79. The number of benzene rings is 2. The second-order valence-corrected chi connectivity index (χ2v) is 8.41. The van der Waals surface area contributed by atoms with Crippen LogP contribution in [-0.4, -0.2) is 58.9 Å². The molecule has 1 fully saturated rings. The molecule has 3 aromatic rings. The zero-order valence-corrected chi connectivity index (χ0v) is 19.7. The van der Waals surface area contributed by atoms with E-state index in [-0.39, 0.29) is 30.6 Å². The normalized spacial score (nSPS) is 17.0. The molecule has 4 N–H and O–H groups in total. The number of urea groups is 1. The molecule has 12 heteroatoms. The van der Waals surface area contributed by atoms with Crippen molar-refractivity contribution >= 4 is 41.1 Å². The van der Waals surface area contributed by atoms with Gasteiger partial charge in [-0.05, 0) is 48.0 Å². The minimum atomic E-state index is -1.52. The molecular weight excluding hydrogens is 495 g/mol. The van der Waals surface area contributed by atoms with E-state index in [1.807, 2.05) is 0 Å². The number of carboxylic acid groups (broad SMARTS) is 1. The van der Waals surface area contributed by atoms with Crippen LogP contribution in [0.25, 0.3) is 11.1 Å². The minimum absolute atomic E-state index is 0.0578. The summed E-state index contributed by atoms with van der Waals surface area (Å²) in [7, 11) is 1.49. The van der Waals surface area contributed by atoms with Gasteiger partial charge in [-0.15, -0.1) is 0 Å². The Labute approximate surface area is 210 Å². The maximum Gasteiger partial charge on any atom is 0.512 e. The molecule has 1 aromatic heterocycles. The van der Waals surface area contributed by atoms with Gasteiger partial charge in [0, 0.05) is 42.5 Å². The van der Waals surface area contributed by atoms with E-state index in [0.717, 1.165) is 6.07 Å². The zero-order chi connectivity index (χ0) is 25.8. The summed E-state index contributed by atoms with van der Waals surface area (Å²) >= 11 is 5.88. The molecule has 1 aliphatic heterocycles. The van der Waals surface area contributed by atoms with E-state index >= 15 is 0 Å². The van der Waals surface area contributed by atoms with E-state index in [4.69, 9.17) is 21.4 Å². The summed E-state index contributed by atoms with van der Waals surface area (Å²) in [5, 5.41) is 14.6. The molecule has 0 bridgehead atoms. The molecule has 2 atom stereocenters. The zero-order valence-electron chi connectivity index (χ0n) is 19.0. The summed E-state index contributed by atoms with van der Waals surface area (Å²) < 4.78 is 24.9. The summed E-state index contributed by atoms with van der Waals surface area (Å²) in [5.41, 5.74) is 1.08. The second-order valence-electron chi connectivity index (χ2n) is 7.97. The van der Waals surface area contributed by atoms with Crippen molar-refractivity contribution in [1.29, 1.82) is 0 Å². The smallest absolute Gasteiger partial charge is 0.449 e. The van der Waals surface area contributed by atoms with Crippen molar-refractivity contribution in [3.05, 3.63) is 65.6 Å². The average Bonchev–Trinajstić information content (AvgIpc) is 3.48. The lowest BCUT2D eigenvalue weighted by Gasteiger charge is -2.24. The molecule has 36 heavy (non-hydrogen) atoms. The third kappa shape index (κ3) is 5.58. The fourth-order valence-electron chi connectivity index (χ4n) is 3.92. The largest absolute Gasteiger partial charge is 0.512 e. The van der Waals surface area contributed by atoms with E-state index in [2.05, 4.69) is 20.4 Å². The Bertz CT molecular complexity index is 1280. The van der Waals surface area contributed by atoms with E-state index in [9.17, 15) is 18.8 Å². The predicted molar refractivity (Wildman–Crippen MR) is 130 cm³/mol. The van der Waals surface area contributed by atoms with Gasteiger partial charge in [0.15, 0.2) is 0 Å². The SMILES string of the molecule is COC1CC(C(=O)Nc2ccc(-c3cc[nH]c3OC(=O)O)cc2F)N(C(=O)Nc2ccc(Cl)cc2)C1. The third-order valence-electron chi connectivity index (χ3n) is 5.69. The molecule has 2 unspecified atom stereocenters. The summed E-state index contributed by atoms with van der Waals surface area (Å²) in [6, 6.07) is 10.6. The molecule has 3 amide bonds. The highest BCUT2D eigenvalue weighted by Gasteiger charge is 2.40. The molecule has 0 aliphatic carbocycles. The first-order chi connectivity index (χ1) is 17.2. The minimum Gasteiger partial charge on any atom is -0.449 e. The molecular formula is C24H22ClFN4O6. The van der Waals surface area contributed by atoms with Crippen LogP contribution in [0, 0.1) is 5.82 Å². The van der Waals surface area contributed by atoms with Gasteiger partial charge in [0.2, 0.25) is 11.8 Å². The van der Waals surface area contributed by atoms with Crippen molar-refractivity contribution in [2.45, 2.75) is 18.6 Å². The summed E-state index contributed by atoms with van der Waals surface area (Å²) in [4.78, 5) is 40.8. The number of carbonyl (C=O) groups is 3. The van der Waals surface area contributed by atoms with Gasteiger partial charge in [0.25, 0.3) is 0 Å². The Balaban J connectivity index is 1.48. The van der Waals surface area contributed by atoms with Gasteiger partial charge in [-0.2, -0.15) is 0 Å². The van der Waals surface area contributed by atoms with Crippen LogP contribution in [0.5, 0.6) is 5.88 Å². The summed E-state index contributed by atoms with van der Waals surface area (Å²) in [6.45, 7) is 0.176. The lowest BCUT2D eigenvalue weighted by molar-refractivity contribution is -0.119. The lowest BCUT2D eigenvalue weighted by Crippen LogP contribution is -2.45. The van der Waals surface area contributed by atoms with Crippen LogP contribution < -0.4 is 15.4 Å². The number of anilines is 2. The molecule has 188 valence electrons. The van der Waals surface area contributed by atoms with Crippen LogP contribution in [0.2, 0.25) is 5.02 Å². The van der Waals surface area contributed by atoms with E-state index in [1.165, 1.54) is 36.4 Å². The maximum absolute atomic E-state index is 14.9. The Morgan fingerprint density at radius 1 is 1.14 bits per heavy atom. The number of carbonyl (C=O) groups excluding carboxylic acids is 2. The molecule has 2 heterocycles. The van der Waals surface area contributed by atoms with Crippen LogP contribution in [0.4, 0.5) is 25.4 Å². The highest BCUT2D eigenvalue weighted by molar-refractivity contribution is 6.30. The molecule has 1 aliphatic rings. The number of aromatic nitrogens is 1. The van der Waals surface area contributed by atoms with Gasteiger partial charge in [-0.3, -0.25) is 4.79 Å². The number of rotatable bonds is 6. The van der Waals surface area contributed by atoms with Gasteiger partial charge >= 0.3 is 12.2 Å². The van der Waals surface area contributed by atoms with Crippen molar-refractivity contribution in [3.63, 3.8) is 0 Å². The fourth-order valence-corrected chi connectivity index (χ4v) is 4.05. The van der Waals surface area contributed by atoms with Crippen molar-refractivity contribution < 1.29 is 33.4 Å². The molecule has 1 saturated heterocycles. The van der Waals surface area contributed by atoms with Gasteiger partial charge in [-0.1, -0.05) is 17.7 Å². The number of amides is 3. The molecule has 0 saturated carbocycles. The number of likely N-dealkylation sites (tertiary alicyclic amines) is 1. The first-order valence-corrected chi connectivity index (χ1v) is 11.2. The van der Waals surface area contributed by atoms with Crippen LogP contribution in [-0.2, 0) is 9.53 Å². The Kier molecular flexibility index (Phi) is 7.41. The van der Waals surface area contributed by atoms with E-state index in [1.54, 1.807) is 24.3 Å². The average molecular weight is 517 g/mol. The third-order valence-corrected chi connectivity index (χ3v) is 5.94. The first kappa shape index (κ1) is 25.0. The van der Waals surface area contributed by atoms with Gasteiger partial charge in [0.1, 0.15) is 11.9 Å². The van der Waals surface area contributed by atoms with Crippen LogP contribution in [0.3, 0.4) is 0 Å². The molecule has 0 spiro atoms. The fraction of sp³-hybridized carbons (Fsp3) is 0.208. The molecule has 10 nitrogen and oxygen atoms in total. The highest BCUT2D eigenvalue weighted by Crippen LogP contribution is 2.32. The van der Waals surface area contributed by atoms with Gasteiger partial charge in [0.05, 0.1) is 11.8 Å². The van der Waals surface area contributed by atoms with Crippen molar-refractivity contribution in [1.82, 2.24) is 9.88 Å². The lowest BCUT2D eigenvalue weighted by atomic mass is 10.1. The Hall–Kier alpha value is -4.09.